The van der Waals surface area contributed by atoms with Gasteiger partial charge in [0.15, 0.2) is 11.5 Å². The molecule has 0 saturated carbocycles. The Bertz CT molecular complexity index is 981. The largest absolute Gasteiger partial charge is 0.486 e. The third kappa shape index (κ3) is 4.11. The molecule has 6 heteroatoms. The first-order valence-corrected chi connectivity index (χ1v) is 9.32. The van der Waals surface area contributed by atoms with Crippen molar-refractivity contribution in [2.45, 2.75) is 20.0 Å². The standard InChI is InChI=1S/C22H23N3O3/c1-16-5-2-3-6-17(16)15-25-10-4-7-19(25)14-23-22(26)24-18-8-9-20-21(13-18)28-12-11-27-20/h2-10,13H,11-12,14-15H2,1H3,(H2,23,24,26). The molecule has 28 heavy (non-hydrogen) atoms. The highest BCUT2D eigenvalue weighted by atomic mass is 16.6. The zero-order valence-electron chi connectivity index (χ0n) is 15.8. The van der Waals surface area contributed by atoms with Crippen molar-refractivity contribution in [3.8, 4) is 11.5 Å². The number of nitrogens with zero attached hydrogens (tertiary/aromatic N) is 1. The van der Waals surface area contributed by atoms with Gasteiger partial charge in [-0.25, -0.2) is 4.79 Å². The van der Waals surface area contributed by atoms with E-state index in [1.165, 1.54) is 11.1 Å². The highest BCUT2D eigenvalue weighted by molar-refractivity contribution is 5.89. The second kappa shape index (κ2) is 8.08. The van der Waals surface area contributed by atoms with Crippen molar-refractivity contribution in [3.05, 3.63) is 77.6 Å². The van der Waals surface area contributed by atoms with Gasteiger partial charge in [-0.05, 0) is 42.3 Å². The monoisotopic (exact) mass is 377 g/mol. The summed E-state index contributed by atoms with van der Waals surface area (Å²) in [6.07, 6.45) is 2.03. The molecule has 4 rings (SSSR count). The molecule has 0 fully saturated rings. The van der Waals surface area contributed by atoms with E-state index < -0.39 is 0 Å². The van der Waals surface area contributed by atoms with Crippen LogP contribution in [0.5, 0.6) is 11.5 Å². The highest BCUT2D eigenvalue weighted by Gasteiger charge is 2.13. The van der Waals surface area contributed by atoms with Crippen LogP contribution in [0.25, 0.3) is 0 Å². The zero-order chi connectivity index (χ0) is 19.3. The van der Waals surface area contributed by atoms with E-state index in [1.54, 1.807) is 18.2 Å². The van der Waals surface area contributed by atoms with Crippen LogP contribution in [-0.4, -0.2) is 23.8 Å². The minimum Gasteiger partial charge on any atom is -0.486 e. The molecule has 0 aliphatic carbocycles. The molecule has 2 heterocycles. The van der Waals surface area contributed by atoms with Gasteiger partial charge < -0.3 is 24.7 Å². The molecule has 2 aromatic carbocycles. The summed E-state index contributed by atoms with van der Waals surface area (Å²) in [6, 6.07) is 17.4. The van der Waals surface area contributed by atoms with Crippen LogP contribution in [-0.2, 0) is 13.1 Å². The van der Waals surface area contributed by atoms with E-state index in [2.05, 4.69) is 34.3 Å². The minimum absolute atomic E-state index is 0.264. The maximum atomic E-state index is 12.3. The van der Waals surface area contributed by atoms with Gasteiger partial charge in [0.25, 0.3) is 0 Å². The van der Waals surface area contributed by atoms with E-state index in [-0.39, 0.29) is 6.03 Å². The third-order valence-corrected chi connectivity index (χ3v) is 4.76. The van der Waals surface area contributed by atoms with E-state index in [9.17, 15) is 4.79 Å². The number of benzene rings is 2. The molecule has 0 radical (unpaired) electrons. The average Bonchev–Trinajstić information content (AvgIpc) is 3.15. The van der Waals surface area contributed by atoms with Crippen molar-refractivity contribution in [1.29, 1.82) is 0 Å². The van der Waals surface area contributed by atoms with Gasteiger partial charge in [0.2, 0.25) is 0 Å². The summed E-state index contributed by atoms with van der Waals surface area (Å²) >= 11 is 0. The van der Waals surface area contributed by atoms with E-state index in [4.69, 9.17) is 9.47 Å². The van der Waals surface area contributed by atoms with E-state index in [0.29, 0.717) is 36.9 Å². The summed E-state index contributed by atoms with van der Waals surface area (Å²) in [5, 5.41) is 5.75. The summed E-state index contributed by atoms with van der Waals surface area (Å²) in [6.45, 7) is 4.39. The summed E-state index contributed by atoms with van der Waals surface area (Å²) in [5.74, 6) is 1.35. The number of fused-ring (bicyclic) bond motifs is 1. The first kappa shape index (κ1) is 18.0. The van der Waals surface area contributed by atoms with Crippen LogP contribution in [0.1, 0.15) is 16.8 Å². The van der Waals surface area contributed by atoms with Crippen molar-refractivity contribution in [1.82, 2.24) is 9.88 Å². The van der Waals surface area contributed by atoms with Gasteiger partial charge in [0.05, 0.1) is 6.54 Å². The summed E-state index contributed by atoms with van der Waals surface area (Å²) in [5.41, 5.74) is 4.23. The SMILES string of the molecule is Cc1ccccc1Cn1cccc1CNC(=O)Nc1ccc2c(c1)OCCO2. The summed E-state index contributed by atoms with van der Waals surface area (Å²) in [4.78, 5) is 12.3. The number of urea groups is 1. The van der Waals surface area contributed by atoms with Crippen LogP contribution in [0.2, 0.25) is 0 Å². The van der Waals surface area contributed by atoms with Crippen LogP contribution >= 0.6 is 0 Å². The smallest absolute Gasteiger partial charge is 0.319 e. The Labute approximate surface area is 164 Å². The Morgan fingerprint density at radius 1 is 1.04 bits per heavy atom. The first-order valence-electron chi connectivity index (χ1n) is 9.32. The lowest BCUT2D eigenvalue weighted by molar-refractivity contribution is 0.171. The molecule has 2 amide bonds. The maximum Gasteiger partial charge on any atom is 0.319 e. The van der Waals surface area contributed by atoms with Crippen molar-refractivity contribution in [2.24, 2.45) is 0 Å². The third-order valence-electron chi connectivity index (χ3n) is 4.76. The molecule has 0 unspecified atom stereocenters. The number of aryl methyl sites for hydroxylation is 1. The Hall–Kier alpha value is -3.41. The van der Waals surface area contributed by atoms with Crippen LogP contribution in [0.4, 0.5) is 10.5 Å². The maximum absolute atomic E-state index is 12.3. The molecule has 0 atom stereocenters. The zero-order valence-corrected chi connectivity index (χ0v) is 15.8. The molecule has 1 aliphatic rings. The number of nitrogens with one attached hydrogen (secondary N) is 2. The summed E-state index contributed by atoms with van der Waals surface area (Å²) in [7, 11) is 0. The van der Waals surface area contributed by atoms with Gasteiger partial charge in [-0.1, -0.05) is 24.3 Å². The van der Waals surface area contributed by atoms with Gasteiger partial charge in [0.1, 0.15) is 13.2 Å². The van der Waals surface area contributed by atoms with Crippen LogP contribution < -0.4 is 20.1 Å². The molecule has 2 N–H and O–H groups in total. The normalized spacial score (nSPS) is 12.5. The topological polar surface area (TPSA) is 64.5 Å². The van der Waals surface area contributed by atoms with E-state index in [1.807, 2.05) is 30.5 Å². The lowest BCUT2D eigenvalue weighted by Crippen LogP contribution is -2.29. The van der Waals surface area contributed by atoms with Crippen LogP contribution in [0.15, 0.2) is 60.8 Å². The molecule has 0 saturated heterocycles. The molecular weight excluding hydrogens is 354 g/mol. The number of amides is 2. The fourth-order valence-electron chi connectivity index (χ4n) is 3.20. The molecule has 1 aliphatic heterocycles. The number of aromatic nitrogens is 1. The van der Waals surface area contributed by atoms with Gasteiger partial charge in [-0.2, -0.15) is 0 Å². The van der Waals surface area contributed by atoms with Crippen molar-refractivity contribution < 1.29 is 14.3 Å². The fraction of sp³-hybridized carbons (Fsp3) is 0.227. The fourth-order valence-corrected chi connectivity index (χ4v) is 3.20. The number of carbonyl (C=O) groups excluding carboxylic acids is 1. The number of hydrogen-bond acceptors (Lipinski definition) is 3. The van der Waals surface area contributed by atoms with Gasteiger partial charge in [0, 0.05) is 30.2 Å². The van der Waals surface area contributed by atoms with Crippen molar-refractivity contribution in [2.75, 3.05) is 18.5 Å². The lowest BCUT2D eigenvalue weighted by atomic mass is 10.1. The number of ether oxygens (including phenoxy) is 2. The quantitative estimate of drug-likeness (QED) is 0.708. The van der Waals surface area contributed by atoms with Crippen LogP contribution in [0, 0.1) is 6.92 Å². The molecule has 1 aromatic heterocycles. The average molecular weight is 377 g/mol. The van der Waals surface area contributed by atoms with Crippen LogP contribution in [0.3, 0.4) is 0 Å². The second-order valence-electron chi connectivity index (χ2n) is 6.72. The Morgan fingerprint density at radius 2 is 1.86 bits per heavy atom. The minimum atomic E-state index is -0.264. The number of anilines is 1. The summed E-state index contributed by atoms with van der Waals surface area (Å²) < 4.78 is 13.2. The molecule has 3 aromatic rings. The van der Waals surface area contributed by atoms with E-state index >= 15 is 0 Å². The highest BCUT2D eigenvalue weighted by Crippen LogP contribution is 2.32. The molecular formula is C22H23N3O3. The van der Waals surface area contributed by atoms with Gasteiger partial charge in [-0.3, -0.25) is 0 Å². The first-order chi connectivity index (χ1) is 13.7. The molecule has 144 valence electrons. The predicted molar refractivity (Wildman–Crippen MR) is 108 cm³/mol. The number of hydrogen-bond donors (Lipinski definition) is 2. The van der Waals surface area contributed by atoms with Gasteiger partial charge >= 0.3 is 6.03 Å². The Balaban J connectivity index is 1.35. The number of rotatable bonds is 5. The molecule has 0 spiro atoms. The lowest BCUT2D eigenvalue weighted by Gasteiger charge is -2.19. The molecule has 0 bridgehead atoms. The Kier molecular flexibility index (Phi) is 5.19. The van der Waals surface area contributed by atoms with Crippen molar-refractivity contribution >= 4 is 11.7 Å². The van der Waals surface area contributed by atoms with Crippen molar-refractivity contribution in [3.63, 3.8) is 0 Å². The second-order valence-corrected chi connectivity index (χ2v) is 6.72. The number of carbonyl (C=O) groups is 1. The van der Waals surface area contributed by atoms with Gasteiger partial charge in [-0.15, -0.1) is 0 Å². The molecule has 6 nitrogen and oxygen atoms in total. The van der Waals surface area contributed by atoms with E-state index in [0.717, 1.165) is 12.2 Å². The predicted octanol–water partition coefficient (Wildman–Crippen LogP) is 3.94. The Morgan fingerprint density at radius 3 is 2.71 bits per heavy atom.